The molecule has 200 valence electrons. The van der Waals surface area contributed by atoms with Crippen molar-refractivity contribution in [3.8, 4) is 0 Å². The Kier molecular flexibility index (Phi) is 10.0. The van der Waals surface area contributed by atoms with Crippen molar-refractivity contribution in [1.29, 1.82) is 0 Å². The molecule has 0 unspecified atom stereocenters. The van der Waals surface area contributed by atoms with Gasteiger partial charge in [0.2, 0.25) is 0 Å². The number of para-hydroxylation sites is 2. The van der Waals surface area contributed by atoms with Crippen LogP contribution in [0, 0.1) is 0 Å². The molecule has 0 atom stereocenters. The average Bonchev–Trinajstić information content (AvgIpc) is 2.99. The van der Waals surface area contributed by atoms with Gasteiger partial charge in [-0.15, -0.1) is 0 Å². The van der Waals surface area contributed by atoms with Crippen molar-refractivity contribution >= 4 is 40.6 Å². The van der Waals surface area contributed by atoms with Crippen LogP contribution in [-0.4, -0.2) is 26.2 Å². The Morgan fingerprint density at radius 3 is 1.41 bits per heavy atom. The summed E-state index contributed by atoms with van der Waals surface area (Å²) < 4.78 is 0. The zero-order valence-corrected chi connectivity index (χ0v) is 23.8. The van der Waals surface area contributed by atoms with Gasteiger partial charge < -0.3 is 14.7 Å². The molecule has 0 amide bonds. The quantitative estimate of drug-likeness (QED) is 0.174. The molecule has 0 heterocycles. The van der Waals surface area contributed by atoms with Gasteiger partial charge in [0.25, 0.3) is 0 Å². The van der Waals surface area contributed by atoms with Gasteiger partial charge in [0.1, 0.15) is 0 Å². The molecule has 0 fully saturated rings. The number of allylic oxidation sites excluding steroid dienone is 2. The second-order valence-corrected chi connectivity index (χ2v) is 9.41. The lowest BCUT2D eigenvalue weighted by atomic mass is 10.1. The average molecular weight is 516 g/mol. The molecule has 0 bridgehead atoms. The first kappa shape index (κ1) is 27.8. The Morgan fingerprint density at radius 2 is 0.897 bits per heavy atom. The Hall–Kier alpha value is -4.24. The Labute approximate surface area is 235 Å². The van der Waals surface area contributed by atoms with Crippen LogP contribution in [-0.2, 0) is 0 Å². The van der Waals surface area contributed by atoms with E-state index >= 15 is 0 Å². The van der Waals surface area contributed by atoms with Crippen LogP contribution in [0.1, 0.15) is 38.8 Å². The number of benzene rings is 4. The van der Waals surface area contributed by atoms with Gasteiger partial charge in [-0.25, -0.2) is 0 Å². The van der Waals surface area contributed by atoms with Gasteiger partial charge in [0.05, 0.1) is 11.4 Å². The Morgan fingerprint density at radius 1 is 0.462 bits per heavy atom. The fraction of sp³-hybridized carbons (Fsp3) is 0.222. The molecule has 39 heavy (non-hydrogen) atoms. The highest BCUT2D eigenvalue weighted by atomic mass is 15.2. The summed E-state index contributed by atoms with van der Waals surface area (Å²) in [7, 11) is 0. The van der Waals surface area contributed by atoms with Crippen molar-refractivity contribution in [3.63, 3.8) is 0 Å². The molecule has 0 spiro atoms. The second-order valence-electron chi connectivity index (χ2n) is 9.41. The van der Waals surface area contributed by atoms with E-state index in [1.165, 1.54) is 22.5 Å². The van der Waals surface area contributed by atoms with Gasteiger partial charge in [-0.1, -0.05) is 78.9 Å². The van der Waals surface area contributed by atoms with Gasteiger partial charge in [-0.2, -0.15) is 0 Å². The molecule has 0 aromatic heterocycles. The molecule has 0 saturated carbocycles. The summed E-state index contributed by atoms with van der Waals surface area (Å²) >= 11 is 0. The number of anilines is 5. The molecular formula is C36H41N3. The monoisotopic (exact) mass is 515 g/mol. The van der Waals surface area contributed by atoms with Crippen LogP contribution in [0.3, 0.4) is 0 Å². The largest absolute Gasteiger partial charge is 0.370 e. The van der Waals surface area contributed by atoms with Gasteiger partial charge in [0, 0.05) is 43.2 Å². The van der Waals surface area contributed by atoms with Crippen molar-refractivity contribution in [3.05, 3.63) is 126 Å². The summed E-state index contributed by atoms with van der Waals surface area (Å²) in [5.74, 6) is 0. The van der Waals surface area contributed by atoms with E-state index in [4.69, 9.17) is 0 Å². The van der Waals surface area contributed by atoms with Crippen molar-refractivity contribution in [2.45, 2.75) is 27.7 Å². The fourth-order valence-corrected chi connectivity index (χ4v) is 4.96. The highest BCUT2D eigenvalue weighted by Gasteiger charge is 2.13. The molecule has 3 nitrogen and oxygen atoms in total. The molecular weight excluding hydrogens is 474 g/mol. The summed E-state index contributed by atoms with van der Waals surface area (Å²) in [6.45, 7) is 12.9. The van der Waals surface area contributed by atoms with Crippen LogP contribution >= 0.6 is 0 Å². The SMILES string of the molecule is CCN(CC)c1ccc(C=CC=Cc2ccc(N(c3ccccc3)c3ccccc3)cc2)cc1N(CC)CC. The first-order valence-electron chi connectivity index (χ1n) is 14.2. The number of rotatable bonds is 12. The summed E-state index contributed by atoms with van der Waals surface area (Å²) in [6.07, 6.45) is 8.60. The minimum absolute atomic E-state index is 1.000. The maximum absolute atomic E-state index is 2.44. The van der Waals surface area contributed by atoms with Gasteiger partial charge in [-0.05, 0) is 87.4 Å². The molecule has 0 aliphatic heterocycles. The van der Waals surface area contributed by atoms with Crippen molar-refractivity contribution in [2.24, 2.45) is 0 Å². The predicted molar refractivity (Wildman–Crippen MR) is 173 cm³/mol. The van der Waals surface area contributed by atoms with Crippen LogP contribution in [0.5, 0.6) is 0 Å². The fourth-order valence-electron chi connectivity index (χ4n) is 4.96. The molecule has 4 aromatic rings. The van der Waals surface area contributed by atoms with Gasteiger partial charge in [0.15, 0.2) is 0 Å². The minimum atomic E-state index is 1.000. The van der Waals surface area contributed by atoms with E-state index in [-0.39, 0.29) is 0 Å². The van der Waals surface area contributed by atoms with Crippen LogP contribution in [0.2, 0.25) is 0 Å². The van der Waals surface area contributed by atoms with Gasteiger partial charge in [-0.3, -0.25) is 0 Å². The van der Waals surface area contributed by atoms with E-state index in [2.05, 4.69) is 170 Å². The first-order chi connectivity index (χ1) is 19.2. The Balaban J connectivity index is 1.51. The Bertz CT molecular complexity index is 1290. The van der Waals surface area contributed by atoms with Crippen molar-refractivity contribution in [1.82, 2.24) is 0 Å². The number of hydrogen-bond donors (Lipinski definition) is 0. The zero-order chi connectivity index (χ0) is 27.5. The topological polar surface area (TPSA) is 9.72 Å². The molecule has 0 saturated heterocycles. The molecule has 0 aliphatic rings. The van der Waals surface area contributed by atoms with Crippen molar-refractivity contribution in [2.75, 3.05) is 40.9 Å². The normalized spacial score (nSPS) is 11.3. The summed E-state index contributed by atoms with van der Waals surface area (Å²) in [6, 6.07) is 36.5. The molecule has 0 aliphatic carbocycles. The van der Waals surface area contributed by atoms with E-state index in [0.29, 0.717) is 0 Å². The second kappa shape index (κ2) is 14.1. The number of nitrogens with zero attached hydrogens (tertiary/aromatic N) is 3. The predicted octanol–water partition coefficient (Wildman–Crippen LogP) is 9.58. The lowest BCUT2D eigenvalue weighted by Gasteiger charge is -2.30. The maximum atomic E-state index is 2.44. The van der Waals surface area contributed by atoms with E-state index in [1.807, 2.05) is 0 Å². The lowest BCUT2D eigenvalue weighted by molar-refractivity contribution is 0.833. The third-order valence-corrected chi connectivity index (χ3v) is 7.08. The molecule has 3 heteroatoms. The molecule has 0 radical (unpaired) electrons. The summed E-state index contributed by atoms with van der Waals surface area (Å²) in [5.41, 5.74) is 8.44. The van der Waals surface area contributed by atoms with Crippen LogP contribution in [0.4, 0.5) is 28.4 Å². The molecule has 4 rings (SSSR count). The summed E-state index contributed by atoms with van der Waals surface area (Å²) in [4.78, 5) is 7.15. The molecule has 0 N–H and O–H groups in total. The van der Waals surface area contributed by atoms with E-state index < -0.39 is 0 Å². The smallest absolute Gasteiger partial charge is 0.0609 e. The third kappa shape index (κ3) is 7.00. The highest BCUT2D eigenvalue weighted by Crippen LogP contribution is 2.34. The van der Waals surface area contributed by atoms with E-state index in [9.17, 15) is 0 Å². The highest BCUT2D eigenvalue weighted by molar-refractivity contribution is 5.77. The summed E-state index contributed by atoms with van der Waals surface area (Å²) in [5, 5.41) is 0. The van der Waals surface area contributed by atoms with Crippen molar-refractivity contribution < 1.29 is 0 Å². The van der Waals surface area contributed by atoms with E-state index in [1.54, 1.807) is 0 Å². The maximum Gasteiger partial charge on any atom is 0.0609 e. The van der Waals surface area contributed by atoms with Gasteiger partial charge >= 0.3 is 0 Å². The van der Waals surface area contributed by atoms with Crippen LogP contribution in [0.25, 0.3) is 12.2 Å². The van der Waals surface area contributed by atoms with Crippen LogP contribution in [0.15, 0.2) is 115 Å². The molecule has 4 aromatic carbocycles. The lowest BCUT2D eigenvalue weighted by Crippen LogP contribution is -2.28. The van der Waals surface area contributed by atoms with Crippen LogP contribution < -0.4 is 14.7 Å². The standard InChI is InChI=1S/C36H41N3/c1-5-37(6-2)35-28-25-31(29-36(35)38(7-3)8-4)18-16-15-17-30-23-26-34(27-24-30)39(32-19-11-9-12-20-32)33-21-13-10-14-22-33/h9-29H,5-8H2,1-4H3. The van der Waals surface area contributed by atoms with E-state index in [0.717, 1.165) is 43.2 Å². The minimum Gasteiger partial charge on any atom is -0.370 e. The first-order valence-corrected chi connectivity index (χ1v) is 14.2. The third-order valence-electron chi connectivity index (χ3n) is 7.08. The number of hydrogen-bond acceptors (Lipinski definition) is 3. The zero-order valence-electron chi connectivity index (χ0n) is 23.8.